The van der Waals surface area contributed by atoms with Gasteiger partial charge < -0.3 is 14.1 Å². The molecule has 7 nitrogen and oxygen atoms in total. The lowest BCUT2D eigenvalue weighted by Gasteiger charge is -2.31. The highest BCUT2D eigenvalue weighted by molar-refractivity contribution is 5.91. The molecule has 1 aliphatic rings. The fourth-order valence-corrected chi connectivity index (χ4v) is 3.41. The van der Waals surface area contributed by atoms with E-state index < -0.39 is 10.8 Å². The van der Waals surface area contributed by atoms with Crippen LogP contribution in [0, 0.1) is 16.0 Å². The zero-order chi connectivity index (χ0) is 19.2. The topological polar surface area (TPSA) is 85.8 Å². The number of aryl methyl sites for hydroxylation is 1. The molecule has 7 heteroatoms. The minimum Gasteiger partial charge on any atom is -0.494 e. The van der Waals surface area contributed by atoms with Crippen molar-refractivity contribution in [1.29, 1.82) is 0 Å². The standard InChI is InChI=1S/C20H24N2O5/c1-2-26-17-7-5-15(6-8-17)3-4-16-11-13-21(14-12-16)20(23)18-9-10-19(27-18)22(24)25/h5-10,16H,2-4,11-14H2,1H3. The SMILES string of the molecule is CCOc1ccc(CCC2CCN(C(=O)c3ccc([N+](=O)[O-])o3)CC2)cc1. The maximum atomic E-state index is 12.4. The van der Waals surface area contributed by atoms with E-state index in [9.17, 15) is 14.9 Å². The third-order valence-electron chi connectivity index (χ3n) is 4.96. The molecule has 1 amide bonds. The zero-order valence-electron chi connectivity index (χ0n) is 15.4. The molecule has 0 atom stereocenters. The van der Waals surface area contributed by atoms with E-state index in [1.807, 2.05) is 19.1 Å². The molecule has 0 unspecified atom stereocenters. The van der Waals surface area contributed by atoms with E-state index in [1.54, 1.807) is 4.90 Å². The van der Waals surface area contributed by atoms with Gasteiger partial charge in [0, 0.05) is 13.1 Å². The van der Waals surface area contributed by atoms with Crippen molar-refractivity contribution < 1.29 is 18.9 Å². The van der Waals surface area contributed by atoms with Crippen LogP contribution < -0.4 is 4.74 Å². The molecule has 1 aromatic heterocycles. The number of carbonyl (C=O) groups is 1. The maximum absolute atomic E-state index is 12.4. The van der Waals surface area contributed by atoms with Gasteiger partial charge in [0.05, 0.1) is 12.7 Å². The van der Waals surface area contributed by atoms with Gasteiger partial charge in [-0.2, -0.15) is 0 Å². The van der Waals surface area contributed by atoms with E-state index in [0.717, 1.165) is 31.4 Å². The highest BCUT2D eigenvalue weighted by Gasteiger charge is 2.26. The molecule has 2 aromatic rings. The average molecular weight is 372 g/mol. The normalized spacial score (nSPS) is 14.9. The van der Waals surface area contributed by atoms with Gasteiger partial charge in [-0.1, -0.05) is 12.1 Å². The Morgan fingerprint density at radius 1 is 1.22 bits per heavy atom. The molecule has 1 aliphatic heterocycles. The van der Waals surface area contributed by atoms with E-state index in [0.29, 0.717) is 25.6 Å². The Morgan fingerprint density at radius 3 is 2.52 bits per heavy atom. The van der Waals surface area contributed by atoms with Crippen molar-refractivity contribution in [2.45, 2.75) is 32.6 Å². The maximum Gasteiger partial charge on any atom is 0.433 e. The molecule has 1 saturated heterocycles. The van der Waals surface area contributed by atoms with Gasteiger partial charge in [0.25, 0.3) is 5.91 Å². The van der Waals surface area contributed by atoms with Crippen molar-refractivity contribution in [3.63, 3.8) is 0 Å². The van der Waals surface area contributed by atoms with Crippen molar-refractivity contribution in [3.05, 3.63) is 57.8 Å². The van der Waals surface area contributed by atoms with Gasteiger partial charge in [0.2, 0.25) is 0 Å². The molecule has 1 aromatic carbocycles. The summed E-state index contributed by atoms with van der Waals surface area (Å²) in [4.78, 5) is 24.2. The van der Waals surface area contributed by atoms with Gasteiger partial charge in [-0.15, -0.1) is 0 Å². The van der Waals surface area contributed by atoms with Gasteiger partial charge in [0.15, 0.2) is 5.76 Å². The Bertz CT molecular complexity index is 776. The van der Waals surface area contributed by atoms with E-state index in [1.165, 1.54) is 17.7 Å². The van der Waals surface area contributed by atoms with Crippen molar-refractivity contribution in [3.8, 4) is 5.75 Å². The Labute approximate surface area is 158 Å². The number of rotatable bonds is 7. The monoisotopic (exact) mass is 372 g/mol. The number of carbonyl (C=O) groups excluding carboxylic acids is 1. The fourth-order valence-electron chi connectivity index (χ4n) is 3.41. The van der Waals surface area contributed by atoms with Crippen LogP contribution in [0.1, 0.15) is 42.3 Å². The molecule has 0 N–H and O–H groups in total. The summed E-state index contributed by atoms with van der Waals surface area (Å²) < 4.78 is 10.5. The zero-order valence-corrected chi connectivity index (χ0v) is 15.4. The molecule has 3 rings (SSSR count). The van der Waals surface area contributed by atoms with E-state index in [4.69, 9.17) is 9.15 Å². The minimum atomic E-state index is -0.635. The van der Waals surface area contributed by atoms with Gasteiger partial charge in [-0.25, -0.2) is 0 Å². The molecule has 0 radical (unpaired) electrons. The number of piperidine rings is 1. The van der Waals surface area contributed by atoms with Crippen LogP contribution in [0.5, 0.6) is 5.75 Å². The van der Waals surface area contributed by atoms with Crippen LogP contribution >= 0.6 is 0 Å². The third kappa shape index (κ3) is 4.87. The second-order valence-corrected chi connectivity index (χ2v) is 6.75. The van der Waals surface area contributed by atoms with Gasteiger partial charge >= 0.3 is 5.88 Å². The van der Waals surface area contributed by atoms with Crippen LogP contribution in [-0.4, -0.2) is 35.4 Å². The Morgan fingerprint density at radius 2 is 1.93 bits per heavy atom. The molecule has 1 fully saturated rings. The lowest BCUT2D eigenvalue weighted by atomic mass is 9.90. The highest BCUT2D eigenvalue weighted by atomic mass is 16.6. The summed E-state index contributed by atoms with van der Waals surface area (Å²) >= 11 is 0. The van der Waals surface area contributed by atoms with E-state index in [-0.39, 0.29) is 11.7 Å². The predicted octanol–water partition coefficient (Wildman–Crippen LogP) is 4.07. The van der Waals surface area contributed by atoms with Gasteiger partial charge in [0.1, 0.15) is 10.7 Å². The molecule has 27 heavy (non-hydrogen) atoms. The summed E-state index contributed by atoms with van der Waals surface area (Å²) in [5.41, 5.74) is 1.29. The Hall–Kier alpha value is -2.83. The number of amides is 1. The van der Waals surface area contributed by atoms with Crippen LogP contribution in [-0.2, 0) is 6.42 Å². The van der Waals surface area contributed by atoms with Crippen LogP contribution in [0.25, 0.3) is 0 Å². The number of nitrogens with zero attached hydrogens (tertiary/aromatic N) is 2. The summed E-state index contributed by atoms with van der Waals surface area (Å²) in [5, 5.41) is 10.7. The first kappa shape index (κ1) is 18.9. The Kier molecular flexibility index (Phi) is 6.11. The van der Waals surface area contributed by atoms with Crippen molar-refractivity contribution >= 4 is 11.8 Å². The fraction of sp³-hybridized carbons (Fsp3) is 0.450. The van der Waals surface area contributed by atoms with Crippen molar-refractivity contribution in [2.75, 3.05) is 19.7 Å². The second-order valence-electron chi connectivity index (χ2n) is 6.75. The first-order valence-corrected chi connectivity index (χ1v) is 9.32. The lowest BCUT2D eigenvalue weighted by Crippen LogP contribution is -2.38. The van der Waals surface area contributed by atoms with Crippen LogP contribution in [0.2, 0.25) is 0 Å². The number of likely N-dealkylation sites (tertiary alicyclic amines) is 1. The summed E-state index contributed by atoms with van der Waals surface area (Å²) in [6, 6.07) is 10.8. The molecule has 0 saturated carbocycles. The Balaban J connectivity index is 1.45. The number of furan rings is 1. The highest BCUT2D eigenvalue weighted by Crippen LogP contribution is 2.25. The number of hydrogen-bond acceptors (Lipinski definition) is 5. The van der Waals surface area contributed by atoms with Crippen LogP contribution in [0.3, 0.4) is 0 Å². The molecule has 0 spiro atoms. The first-order chi connectivity index (χ1) is 13.1. The summed E-state index contributed by atoms with van der Waals surface area (Å²) in [6.07, 6.45) is 3.97. The predicted molar refractivity (Wildman–Crippen MR) is 99.9 cm³/mol. The minimum absolute atomic E-state index is 0.0366. The molecular formula is C20H24N2O5. The average Bonchev–Trinajstić information content (AvgIpc) is 3.18. The molecule has 144 valence electrons. The van der Waals surface area contributed by atoms with E-state index in [2.05, 4.69) is 12.1 Å². The largest absolute Gasteiger partial charge is 0.494 e. The van der Waals surface area contributed by atoms with Crippen molar-refractivity contribution in [1.82, 2.24) is 4.90 Å². The van der Waals surface area contributed by atoms with Crippen LogP contribution in [0.4, 0.5) is 5.88 Å². The molecule has 2 heterocycles. The first-order valence-electron chi connectivity index (χ1n) is 9.32. The lowest BCUT2D eigenvalue weighted by molar-refractivity contribution is -0.402. The van der Waals surface area contributed by atoms with Gasteiger partial charge in [-0.3, -0.25) is 14.9 Å². The summed E-state index contributed by atoms with van der Waals surface area (Å²) in [6.45, 7) is 3.95. The second kappa shape index (κ2) is 8.70. The van der Waals surface area contributed by atoms with Gasteiger partial charge in [-0.05, 0) is 62.3 Å². The smallest absolute Gasteiger partial charge is 0.433 e. The summed E-state index contributed by atoms with van der Waals surface area (Å²) in [7, 11) is 0. The van der Waals surface area contributed by atoms with Crippen molar-refractivity contribution in [2.24, 2.45) is 5.92 Å². The van der Waals surface area contributed by atoms with E-state index >= 15 is 0 Å². The number of ether oxygens (including phenoxy) is 1. The quantitative estimate of drug-likeness (QED) is 0.540. The third-order valence-corrected chi connectivity index (χ3v) is 4.96. The number of benzene rings is 1. The number of hydrogen-bond donors (Lipinski definition) is 0. The van der Waals surface area contributed by atoms with Crippen LogP contribution in [0.15, 0.2) is 40.8 Å². The molecular weight excluding hydrogens is 348 g/mol. The molecule has 0 bridgehead atoms. The number of nitro groups is 1. The summed E-state index contributed by atoms with van der Waals surface area (Å²) in [5.74, 6) is 0.837. The molecule has 0 aliphatic carbocycles.